The molecule has 128 valence electrons. The van der Waals surface area contributed by atoms with Crippen LogP contribution in [0.2, 0.25) is 0 Å². The Hall–Kier alpha value is -1.21. The second kappa shape index (κ2) is 6.96. The van der Waals surface area contributed by atoms with Gasteiger partial charge in [0.05, 0.1) is 17.0 Å². The van der Waals surface area contributed by atoms with E-state index in [9.17, 15) is 13.5 Å². The molecule has 0 saturated carbocycles. The number of aliphatic hydroxyl groups is 1. The molecule has 24 heavy (non-hydrogen) atoms. The van der Waals surface area contributed by atoms with Gasteiger partial charge in [-0.25, -0.2) is 8.42 Å². The molecule has 1 fully saturated rings. The zero-order chi connectivity index (χ0) is 17.3. The second-order valence-electron chi connectivity index (χ2n) is 6.17. The van der Waals surface area contributed by atoms with E-state index in [1.807, 2.05) is 31.2 Å². The molecule has 0 aliphatic carbocycles. The normalized spacial score (nSPS) is 22.5. The summed E-state index contributed by atoms with van der Waals surface area (Å²) in [5.74, 6) is 0. The lowest BCUT2D eigenvalue weighted by atomic mass is 9.96. The molecule has 1 aliphatic heterocycles. The minimum atomic E-state index is -3.60. The maximum absolute atomic E-state index is 13.1. The first-order chi connectivity index (χ1) is 11.4. The molecular formula is C18H20BrNO3S. The first-order valence-corrected chi connectivity index (χ1v) is 10.1. The number of rotatable bonds is 3. The van der Waals surface area contributed by atoms with E-state index in [1.165, 1.54) is 4.31 Å². The maximum atomic E-state index is 13.1. The van der Waals surface area contributed by atoms with Gasteiger partial charge in [0, 0.05) is 11.0 Å². The molecule has 0 radical (unpaired) electrons. The third kappa shape index (κ3) is 3.57. The van der Waals surface area contributed by atoms with E-state index < -0.39 is 16.1 Å². The highest BCUT2D eigenvalue weighted by Gasteiger charge is 2.37. The van der Waals surface area contributed by atoms with Crippen molar-refractivity contribution in [2.75, 3.05) is 6.54 Å². The summed E-state index contributed by atoms with van der Waals surface area (Å²) < 4.78 is 28.6. The van der Waals surface area contributed by atoms with Crippen LogP contribution in [-0.2, 0) is 10.0 Å². The zero-order valence-corrected chi connectivity index (χ0v) is 15.8. The van der Waals surface area contributed by atoms with Gasteiger partial charge in [0.15, 0.2) is 0 Å². The lowest BCUT2D eigenvalue weighted by Gasteiger charge is -2.37. The number of hydrogen-bond donors (Lipinski definition) is 1. The number of halogens is 1. The van der Waals surface area contributed by atoms with Crippen molar-refractivity contribution in [3.05, 3.63) is 64.1 Å². The number of hydrogen-bond acceptors (Lipinski definition) is 3. The van der Waals surface area contributed by atoms with Crippen molar-refractivity contribution in [3.8, 4) is 0 Å². The Morgan fingerprint density at radius 1 is 1.08 bits per heavy atom. The average molecular weight is 410 g/mol. The fraction of sp³-hybridized carbons (Fsp3) is 0.333. The van der Waals surface area contributed by atoms with Crippen LogP contribution in [0.3, 0.4) is 0 Å². The Labute approximate surface area is 151 Å². The summed E-state index contributed by atoms with van der Waals surface area (Å²) in [5.41, 5.74) is 1.92. The Bertz CT molecular complexity index is 803. The van der Waals surface area contributed by atoms with E-state index in [1.54, 1.807) is 24.3 Å². The van der Waals surface area contributed by atoms with Crippen LogP contribution < -0.4 is 0 Å². The smallest absolute Gasteiger partial charge is 0.243 e. The number of benzene rings is 2. The predicted molar refractivity (Wildman–Crippen MR) is 97.2 cm³/mol. The molecule has 3 rings (SSSR count). The summed E-state index contributed by atoms with van der Waals surface area (Å²) in [6.07, 6.45) is 0.383. The van der Waals surface area contributed by atoms with Crippen LogP contribution in [0.25, 0.3) is 0 Å². The van der Waals surface area contributed by atoms with Gasteiger partial charge >= 0.3 is 0 Å². The van der Waals surface area contributed by atoms with E-state index in [0.717, 1.165) is 15.6 Å². The molecule has 4 nitrogen and oxygen atoms in total. The highest BCUT2D eigenvalue weighted by molar-refractivity contribution is 9.10. The van der Waals surface area contributed by atoms with Crippen molar-refractivity contribution >= 4 is 26.0 Å². The maximum Gasteiger partial charge on any atom is 0.243 e. The Kier molecular flexibility index (Phi) is 5.11. The van der Waals surface area contributed by atoms with Gasteiger partial charge in [-0.2, -0.15) is 4.31 Å². The molecule has 2 aromatic carbocycles. The minimum absolute atomic E-state index is 0.298. The molecule has 1 saturated heterocycles. The molecule has 0 bridgehead atoms. The molecule has 6 heteroatoms. The molecule has 2 atom stereocenters. The summed E-state index contributed by atoms with van der Waals surface area (Å²) in [6, 6.07) is 14.2. The number of nitrogens with zero attached hydrogens (tertiary/aromatic N) is 1. The van der Waals surface area contributed by atoms with Crippen LogP contribution in [0.4, 0.5) is 0 Å². The number of sulfonamides is 1. The zero-order valence-electron chi connectivity index (χ0n) is 13.4. The molecule has 0 spiro atoms. The van der Waals surface area contributed by atoms with E-state index >= 15 is 0 Å². The standard InChI is InChI=1S/C18H20BrNO3S/c1-13-2-8-17(9-3-13)24(22,23)20-11-10-16(21)12-18(20)14-4-6-15(19)7-5-14/h2-9,16,18,21H,10-12H2,1H3/t16-,18-/m0/s1. The molecule has 1 N–H and O–H groups in total. The van der Waals surface area contributed by atoms with Gasteiger partial charge < -0.3 is 5.11 Å². The van der Waals surface area contributed by atoms with Crippen molar-refractivity contribution in [1.82, 2.24) is 4.31 Å². The highest BCUT2D eigenvalue weighted by atomic mass is 79.9. The van der Waals surface area contributed by atoms with Gasteiger partial charge in [-0.05, 0) is 49.6 Å². The van der Waals surface area contributed by atoms with Crippen molar-refractivity contribution in [2.24, 2.45) is 0 Å². The Morgan fingerprint density at radius 3 is 2.33 bits per heavy atom. The number of aryl methyl sites for hydroxylation is 1. The van der Waals surface area contributed by atoms with Crippen LogP contribution in [-0.4, -0.2) is 30.5 Å². The lowest BCUT2D eigenvalue weighted by Crippen LogP contribution is -2.42. The summed E-state index contributed by atoms with van der Waals surface area (Å²) in [7, 11) is -3.60. The van der Waals surface area contributed by atoms with Crippen LogP contribution >= 0.6 is 15.9 Å². The molecule has 2 aromatic rings. The first kappa shape index (κ1) is 17.6. The van der Waals surface area contributed by atoms with Crippen LogP contribution in [0.15, 0.2) is 57.9 Å². The van der Waals surface area contributed by atoms with E-state index in [-0.39, 0.29) is 6.04 Å². The summed E-state index contributed by atoms with van der Waals surface area (Å²) in [5, 5.41) is 10.1. The monoisotopic (exact) mass is 409 g/mol. The summed E-state index contributed by atoms with van der Waals surface area (Å²) in [6.45, 7) is 2.25. The van der Waals surface area contributed by atoms with Crippen LogP contribution in [0, 0.1) is 6.92 Å². The average Bonchev–Trinajstić information content (AvgIpc) is 2.55. The number of aliphatic hydroxyl groups excluding tert-OH is 1. The first-order valence-electron chi connectivity index (χ1n) is 7.90. The van der Waals surface area contributed by atoms with Gasteiger partial charge in [0.1, 0.15) is 0 Å². The van der Waals surface area contributed by atoms with Gasteiger partial charge in [-0.3, -0.25) is 0 Å². The largest absolute Gasteiger partial charge is 0.393 e. The van der Waals surface area contributed by atoms with E-state index in [0.29, 0.717) is 24.3 Å². The SMILES string of the molecule is Cc1ccc(S(=O)(=O)N2CC[C@H](O)C[C@H]2c2ccc(Br)cc2)cc1. The van der Waals surface area contributed by atoms with Gasteiger partial charge in [0.2, 0.25) is 10.0 Å². The quantitative estimate of drug-likeness (QED) is 0.841. The Balaban J connectivity index is 1.99. The second-order valence-corrected chi connectivity index (χ2v) is 8.98. The minimum Gasteiger partial charge on any atom is -0.393 e. The van der Waals surface area contributed by atoms with Crippen molar-refractivity contribution in [2.45, 2.75) is 36.8 Å². The van der Waals surface area contributed by atoms with Crippen LogP contribution in [0.5, 0.6) is 0 Å². The van der Waals surface area contributed by atoms with Crippen molar-refractivity contribution in [1.29, 1.82) is 0 Å². The summed E-state index contributed by atoms with van der Waals surface area (Å²) >= 11 is 3.40. The van der Waals surface area contributed by atoms with E-state index in [2.05, 4.69) is 15.9 Å². The van der Waals surface area contributed by atoms with Gasteiger partial charge in [-0.15, -0.1) is 0 Å². The fourth-order valence-electron chi connectivity index (χ4n) is 3.05. The van der Waals surface area contributed by atoms with Gasteiger partial charge in [-0.1, -0.05) is 45.8 Å². The highest BCUT2D eigenvalue weighted by Crippen LogP contribution is 2.36. The predicted octanol–water partition coefficient (Wildman–Crippen LogP) is 3.64. The molecule has 0 aromatic heterocycles. The van der Waals surface area contributed by atoms with Crippen molar-refractivity contribution in [3.63, 3.8) is 0 Å². The topological polar surface area (TPSA) is 57.6 Å². The number of piperidine rings is 1. The third-order valence-electron chi connectivity index (χ3n) is 4.41. The lowest BCUT2D eigenvalue weighted by molar-refractivity contribution is 0.0808. The third-order valence-corrected chi connectivity index (χ3v) is 6.86. The molecule has 1 heterocycles. The van der Waals surface area contributed by atoms with Crippen LogP contribution in [0.1, 0.15) is 30.0 Å². The molecular weight excluding hydrogens is 390 g/mol. The molecule has 0 unspecified atom stereocenters. The molecule has 0 amide bonds. The van der Waals surface area contributed by atoms with E-state index in [4.69, 9.17) is 0 Å². The molecule has 1 aliphatic rings. The van der Waals surface area contributed by atoms with Crippen molar-refractivity contribution < 1.29 is 13.5 Å². The van der Waals surface area contributed by atoms with Gasteiger partial charge in [0.25, 0.3) is 0 Å². The summed E-state index contributed by atoms with van der Waals surface area (Å²) in [4.78, 5) is 0.298. The fourth-order valence-corrected chi connectivity index (χ4v) is 4.95. The Morgan fingerprint density at radius 2 is 1.71 bits per heavy atom.